The van der Waals surface area contributed by atoms with E-state index in [1.807, 2.05) is 6.07 Å². The van der Waals surface area contributed by atoms with E-state index in [4.69, 9.17) is 15.5 Å². The Morgan fingerprint density at radius 2 is 2.20 bits per heavy atom. The molecular formula is C12H8N2O4S2. The molecule has 2 aromatic rings. The van der Waals surface area contributed by atoms with Crippen LogP contribution in [0.1, 0.15) is 12.0 Å². The van der Waals surface area contributed by atoms with Gasteiger partial charge >= 0.3 is 11.9 Å². The van der Waals surface area contributed by atoms with Crippen molar-refractivity contribution in [2.75, 3.05) is 0 Å². The third-order valence-corrected chi connectivity index (χ3v) is 4.78. The summed E-state index contributed by atoms with van der Waals surface area (Å²) in [6.07, 6.45) is -0.485. The summed E-state index contributed by atoms with van der Waals surface area (Å²) in [5.41, 5.74) is 1.08. The van der Waals surface area contributed by atoms with Crippen LogP contribution in [0.4, 0.5) is 0 Å². The van der Waals surface area contributed by atoms with Gasteiger partial charge in [0.1, 0.15) is 11.3 Å². The van der Waals surface area contributed by atoms with Gasteiger partial charge < -0.3 is 10.2 Å². The number of rotatable bonds is 5. The van der Waals surface area contributed by atoms with Crippen molar-refractivity contribution in [3.05, 3.63) is 23.8 Å². The Kier molecular flexibility index (Phi) is 4.22. The smallest absolute Gasteiger partial charge is 0.317 e. The maximum absolute atomic E-state index is 11.0. The maximum atomic E-state index is 11.0. The summed E-state index contributed by atoms with van der Waals surface area (Å²) in [5.74, 6) is -2.37. The third-order valence-electron chi connectivity index (χ3n) is 2.39. The molecule has 0 spiro atoms. The first-order valence-corrected chi connectivity index (χ1v) is 7.12. The van der Waals surface area contributed by atoms with Gasteiger partial charge in [-0.25, -0.2) is 4.98 Å². The van der Waals surface area contributed by atoms with Crippen LogP contribution in [-0.4, -0.2) is 32.4 Å². The molecule has 20 heavy (non-hydrogen) atoms. The minimum absolute atomic E-state index is 0.441. The summed E-state index contributed by atoms with van der Waals surface area (Å²) < 4.78 is 1.12. The van der Waals surface area contributed by atoms with E-state index in [9.17, 15) is 9.59 Å². The van der Waals surface area contributed by atoms with E-state index in [0.29, 0.717) is 20.1 Å². The van der Waals surface area contributed by atoms with Crippen LogP contribution in [0.15, 0.2) is 22.5 Å². The second-order valence-corrected chi connectivity index (χ2v) is 6.24. The first-order chi connectivity index (χ1) is 9.51. The minimum Gasteiger partial charge on any atom is -0.481 e. The number of thioether (sulfide) groups is 1. The molecule has 1 aromatic heterocycles. The molecule has 0 saturated carbocycles. The molecule has 0 bridgehead atoms. The predicted molar refractivity (Wildman–Crippen MR) is 73.9 cm³/mol. The highest BCUT2D eigenvalue weighted by Crippen LogP contribution is 2.34. The van der Waals surface area contributed by atoms with Crippen molar-refractivity contribution in [2.45, 2.75) is 16.0 Å². The fourth-order valence-electron chi connectivity index (χ4n) is 1.53. The summed E-state index contributed by atoms with van der Waals surface area (Å²) >= 11 is 2.08. The van der Waals surface area contributed by atoms with Gasteiger partial charge in [-0.3, -0.25) is 9.59 Å². The van der Waals surface area contributed by atoms with Crippen LogP contribution in [0.2, 0.25) is 0 Å². The molecule has 0 radical (unpaired) electrons. The molecule has 8 heteroatoms. The monoisotopic (exact) mass is 308 g/mol. The van der Waals surface area contributed by atoms with Gasteiger partial charge in [-0.2, -0.15) is 5.26 Å². The van der Waals surface area contributed by atoms with E-state index in [1.165, 1.54) is 11.3 Å². The molecule has 0 saturated heterocycles. The van der Waals surface area contributed by atoms with E-state index in [0.717, 1.165) is 11.8 Å². The third kappa shape index (κ3) is 3.07. The lowest BCUT2D eigenvalue weighted by Crippen LogP contribution is -2.20. The molecule has 102 valence electrons. The van der Waals surface area contributed by atoms with Crippen molar-refractivity contribution in [1.29, 1.82) is 5.26 Å². The topological polar surface area (TPSA) is 111 Å². The molecule has 0 fully saturated rings. The van der Waals surface area contributed by atoms with E-state index in [1.54, 1.807) is 18.2 Å². The number of thiazole rings is 1. The van der Waals surface area contributed by atoms with Gasteiger partial charge in [0.05, 0.1) is 22.2 Å². The largest absolute Gasteiger partial charge is 0.481 e. The molecule has 2 N–H and O–H groups in total. The van der Waals surface area contributed by atoms with Crippen molar-refractivity contribution in [3.8, 4) is 6.07 Å². The molecule has 0 aliphatic carbocycles. The molecule has 1 aromatic carbocycles. The summed E-state index contributed by atoms with van der Waals surface area (Å²) in [6, 6.07) is 7.12. The van der Waals surface area contributed by atoms with Gasteiger partial charge in [-0.15, -0.1) is 11.3 Å². The number of nitriles is 1. The summed E-state index contributed by atoms with van der Waals surface area (Å²) in [4.78, 5) is 25.9. The number of nitrogens with zero attached hydrogens (tertiary/aromatic N) is 2. The molecular weight excluding hydrogens is 300 g/mol. The van der Waals surface area contributed by atoms with Gasteiger partial charge in [-0.1, -0.05) is 17.8 Å². The highest BCUT2D eigenvalue weighted by atomic mass is 32.2. The number of fused-ring (bicyclic) bond motifs is 1. The van der Waals surface area contributed by atoms with E-state index in [-0.39, 0.29) is 0 Å². The Morgan fingerprint density at radius 1 is 1.45 bits per heavy atom. The van der Waals surface area contributed by atoms with E-state index >= 15 is 0 Å². The van der Waals surface area contributed by atoms with Crippen molar-refractivity contribution in [1.82, 2.24) is 4.98 Å². The highest BCUT2D eigenvalue weighted by molar-refractivity contribution is 8.02. The summed E-state index contributed by atoms with van der Waals surface area (Å²) in [5, 5.41) is 25.6. The Bertz CT molecular complexity index is 720. The first kappa shape index (κ1) is 14.3. The molecule has 0 amide bonds. The number of carboxylic acids is 2. The number of hydrogen-bond acceptors (Lipinski definition) is 6. The number of aromatic nitrogens is 1. The zero-order valence-electron chi connectivity index (χ0n) is 9.94. The van der Waals surface area contributed by atoms with Crippen LogP contribution in [0.3, 0.4) is 0 Å². The van der Waals surface area contributed by atoms with Crippen LogP contribution in [-0.2, 0) is 9.59 Å². The van der Waals surface area contributed by atoms with Gasteiger partial charge in [0.25, 0.3) is 0 Å². The standard InChI is InChI=1S/C12H8N2O4S2/c13-5-6-2-1-3-7-10(6)20-12(14-7)19-8(11(17)18)4-9(15)16/h1-3,8H,4H2,(H,15,16)(H,17,18). The van der Waals surface area contributed by atoms with Crippen LogP contribution in [0.5, 0.6) is 0 Å². The summed E-state index contributed by atoms with van der Waals surface area (Å²) in [6.45, 7) is 0. The average molecular weight is 308 g/mol. The van der Waals surface area contributed by atoms with Crippen LogP contribution in [0, 0.1) is 11.3 Å². The maximum Gasteiger partial charge on any atom is 0.317 e. The van der Waals surface area contributed by atoms with Crippen LogP contribution >= 0.6 is 23.1 Å². The Labute approximate surface area is 121 Å². The molecule has 1 atom stereocenters. The number of carboxylic acid groups (broad SMARTS) is 2. The van der Waals surface area contributed by atoms with E-state index < -0.39 is 23.6 Å². The second kappa shape index (κ2) is 5.90. The number of hydrogen-bond donors (Lipinski definition) is 2. The van der Waals surface area contributed by atoms with Crippen molar-refractivity contribution in [3.63, 3.8) is 0 Å². The number of benzene rings is 1. The van der Waals surface area contributed by atoms with Crippen molar-refractivity contribution >= 4 is 45.3 Å². The average Bonchev–Trinajstić information content (AvgIpc) is 2.79. The first-order valence-electron chi connectivity index (χ1n) is 5.42. The Morgan fingerprint density at radius 3 is 2.80 bits per heavy atom. The lowest BCUT2D eigenvalue weighted by molar-refractivity contribution is -0.142. The van der Waals surface area contributed by atoms with Crippen LogP contribution < -0.4 is 0 Å². The lowest BCUT2D eigenvalue weighted by Gasteiger charge is -2.06. The lowest BCUT2D eigenvalue weighted by atomic mass is 10.2. The van der Waals surface area contributed by atoms with Crippen LogP contribution in [0.25, 0.3) is 10.2 Å². The van der Waals surface area contributed by atoms with Gasteiger partial charge in [-0.05, 0) is 12.1 Å². The second-order valence-electron chi connectivity index (χ2n) is 3.79. The van der Waals surface area contributed by atoms with Crippen molar-refractivity contribution < 1.29 is 19.8 Å². The molecule has 1 heterocycles. The Balaban J connectivity index is 2.31. The normalized spacial score (nSPS) is 11.9. The van der Waals surface area contributed by atoms with E-state index in [2.05, 4.69) is 4.98 Å². The minimum atomic E-state index is -1.20. The molecule has 2 rings (SSSR count). The summed E-state index contributed by atoms with van der Waals surface area (Å²) in [7, 11) is 0. The quantitative estimate of drug-likeness (QED) is 0.814. The molecule has 1 unspecified atom stereocenters. The SMILES string of the molecule is N#Cc1cccc2nc(SC(CC(=O)O)C(=O)O)sc12. The Hall–Kier alpha value is -2.11. The van der Waals surface area contributed by atoms with Gasteiger partial charge in [0, 0.05) is 0 Å². The number of carbonyl (C=O) groups is 2. The zero-order chi connectivity index (χ0) is 14.7. The fraction of sp³-hybridized carbons (Fsp3) is 0.167. The predicted octanol–water partition coefficient (Wildman–Crippen LogP) is 2.19. The van der Waals surface area contributed by atoms with Gasteiger partial charge in [0.2, 0.25) is 0 Å². The van der Waals surface area contributed by atoms with Gasteiger partial charge in [0.15, 0.2) is 4.34 Å². The number of aliphatic carboxylic acids is 2. The molecule has 6 nitrogen and oxygen atoms in total. The highest BCUT2D eigenvalue weighted by Gasteiger charge is 2.24. The zero-order valence-corrected chi connectivity index (χ0v) is 11.6. The molecule has 0 aliphatic rings. The van der Waals surface area contributed by atoms with Crippen molar-refractivity contribution in [2.24, 2.45) is 0 Å². The molecule has 0 aliphatic heterocycles. The fourth-order valence-corrected chi connectivity index (χ4v) is 3.80.